The SMILES string of the molecule is COc1cc(C(=O)OCc2nnc(-c3cccc(C)c3)o2)ccc1OCCC(C)C. The summed E-state index contributed by atoms with van der Waals surface area (Å²) in [5.74, 6) is 1.70. The number of nitrogens with zero attached hydrogens (tertiary/aromatic N) is 2. The predicted molar refractivity (Wildman–Crippen MR) is 112 cm³/mol. The molecule has 0 bridgehead atoms. The van der Waals surface area contributed by atoms with Gasteiger partial charge in [0, 0.05) is 5.56 Å². The van der Waals surface area contributed by atoms with E-state index < -0.39 is 5.97 Å². The highest BCUT2D eigenvalue weighted by atomic mass is 16.5. The van der Waals surface area contributed by atoms with Crippen molar-refractivity contribution in [2.24, 2.45) is 5.92 Å². The van der Waals surface area contributed by atoms with E-state index in [1.165, 1.54) is 7.11 Å². The molecule has 7 heteroatoms. The van der Waals surface area contributed by atoms with Crippen molar-refractivity contribution >= 4 is 5.97 Å². The lowest BCUT2D eigenvalue weighted by molar-refractivity contribution is 0.0438. The molecule has 30 heavy (non-hydrogen) atoms. The zero-order valence-electron chi connectivity index (χ0n) is 17.7. The molecule has 0 saturated carbocycles. The minimum absolute atomic E-state index is 0.118. The van der Waals surface area contributed by atoms with Crippen molar-refractivity contribution in [1.82, 2.24) is 10.2 Å². The minimum atomic E-state index is -0.516. The van der Waals surface area contributed by atoms with Gasteiger partial charge in [-0.15, -0.1) is 10.2 Å². The molecule has 0 spiro atoms. The van der Waals surface area contributed by atoms with Gasteiger partial charge in [0.1, 0.15) is 0 Å². The maximum absolute atomic E-state index is 12.4. The Bertz CT molecular complexity index is 997. The quantitative estimate of drug-likeness (QED) is 0.467. The van der Waals surface area contributed by atoms with Gasteiger partial charge in [-0.05, 0) is 49.6 Å². The zero-order valence-corrected chi connectivity index (χ0v) is 17.7. The Morgan fingerprint density at radius 3 is 2.67 bits per heavy atom. The van der Waals surface area contributed by atoms with Crippen LogP contribution in [0.2, 0.25) is 0 Å². The molecule has 0 saturated heterocycles. The molecule has 0 fully saturated rings. The summed E-state index contributed by atoms with van der Waals surface area (Å²) in [6.45, 7) is 6.71. The summed E-state index contributed by atoms with van der Waals surface area (Å²) in [4.78, 5) is 12.4. The lowest BCUT2D eigenvalue weighted by Gasteiger charge is -2.12. The third-order valence-corrected chi connectivity index (χ3v) is 4.41. The average Bonchev–Trinajstić information content (AvgIpc) is 3.21. The van der Waals surface area contributed by atoms with Crippen molar-refractivity contribution in [3.63, 3.8) is 0 Å². The second-order valence-electron chi connectivity index (χ2n) is 7.34. The van der Waals surface area contributed by atoms with Crippen LogP contribution < -0.4 is 9.47 Å². The number of aromatic nitrogens is 2. The van der Waals surface area contributed by atoms with Crippen molar-refractivity contribution in [2.45, 2.75) is 33.8 Å². The van der Waals surface area contributed by atoms with Crippen LogP contribution in [0.3, 0.4) is 0 Å². The van der Waals surface area contributed by atoms with E-state index in [0.29, 0.717) is 35.5 Å². The molecule has 1 heterocycles. The van der Waals surface area contributed by atoms with Crippen molar-refractivity contribution in [3.8, 4) is 23.0 Å². The second-order valence-corrected chi connectivity index (χ2v) is 7.34. The van der Waals surface area contributed by atoms with E-state index in [-0.39, 0.29) is 12.5 Å². The van der Waals surface area contributed by atoms with Gasteiger partial charge in [0.25, 0.3) is 5.89 Å². The third-order valence-electron chi connectivity index (χ3n) is 4.41. The summed E-state index contributed by atoms with van der Waals surface area (Å²) in [5.41, 5.74) is 2.25. The first-order chi connectivity index (χ1) is 14.5. The number of hydrogen-bond donors (Lipinski definition) is 0. The molecule has 0 aliphatic heterocycles. The van der Waals surface area contributed by atoms with Gasteiger partial charge in [-0.3, -0.25) is 0 Å². The van der Waals surface area contributed by atoms with Crippen LogP contribution in [0.5, 0.6) is 11.5 Å². The van der Waals surface area contributed by atoms with Gasteiger partial charge in [-0.25, -0.2) is 4.79 Å². The van der Waals surface area contributed by atoms with Gasteiger partial charge >= 0.3 is 5.97 Å². The average molecular weight is 410 g/mol. The molecule has 158 valence electrons. The monoisotopic (exact) mass is 410 g/mol. The van der Waals surface area contributed by atoms with Crippen molar-refractivity contribution in [2.75, 3.05) is 13.7 Å². The Balaban J connectivity index is 1.61. The van der Waals surface area contributed by atoms with Gasteiger partial charge in [0.15, 0.2) is 18.1 Å². The molecule has 1 aromatic heterocycles. The maximum Gasteiger partial charge on any atom is 0.338 e. The number of aryl methyl sites for hydroxylation is 1. The lowest BCUT2D eigenvalue weighted by atomic mass is 10.1. The number of esters is 1. The highest BCUT2D eigenvalue weighted by Crippen LogP contribution is 2.29. The molecule has 0 atom stereocenters. The topological polar surface area (TPSA) is 83.7 Å². The standard InChI is InChI=1S/C23H26N2O5/c1-15(2)10-11-28-19-9-8-18(13-20(19)27-4)23(26)29-14-21-24-25-22(30-21)17-7-5-6-16(3)12-17/h5-9,12-13,15H,10-11,14H2,1-4H3. The van der Waals surface area contributed by atoms with E-state index in [1.54, 1.807) is 18.2 Å². The molecule has 0 unspecified atom stereocenters. The number of carbonyl (C=O) groups excluding carboxylic acids is 1. The molecule has 0 aliphatic carbocycles. The number of rotatable bonds is 9. The first-order valence-electron chi connectivity index (χ1n) is 9.83. The molecule has 0 amide bonds. The van der Waals surface area contributed by atoms with Crippen LogP contribution in [-0.4, -0.2) is 29.9 Å². The van der Waals surface area contributed by atoms with Gasteiger partial charge in [-0.2, -0.15) is 0 Å². The summed E-state index contributed by atoms with van der Waals surface area (Å²) in [7, 11) is 1.53. The summed E-state index contributed by atoms with van der Waals surface area (Å²) in [6.07, 6.45) is 0.932. The number of hydrogen-bond acceptors (Lipinski definition) is 7. The van der Waals surface area contributed by atoms with E-state index in [4.69, 9.17) is 18.6 Å². The van der Waals surface area contributed by atoms with E-state index >= 15 is 0 Å². The van der Waals surface area contributed by atoms with E-state index in [9.17, 15) is 4.79 Å². The predicted octanol–water partition coefficient (Wildman–Crippen LogP) is 4.84. The van der Waals surface area contributed by atoms with Crippen molar-refractivity contribution < 1.29 is 23.4 Å². The van der Waals surface area contributed by atoms with E-state index in [1.807, 2.05) is 31.2 Å². The van der Waals surface area contributed by atoms with Crippen molar-refractivity contribution in [1.29, 1.82) is 0 Å². The zero-order chi connectivity index (χ0) is 21.5. The molecule has 0 radical (unpaired) electrons. The first kappa shape index (κ1) is 21.4. The summed E-state index contributed by atoms with van der Waals surface area (Å²) in [5, 5.41) is 7.96. The van der Waals surface area contributed by atoms with Gasteiger partial charge in [-0.1, -0.05) is 31.5 Å². The molecule has 7 nitrogen and oxygen atoms in total. The molecule has 0 N–H and O–H groups in total. The molecule has 3 aromatic rings. The summed E-state index contributed by atoms with van der Waals surface area (Å²) < 4.78 is 22.0. The van der Waals surface area contributed by atoms with Crippen LogP contribution in [-0.2, 0) is 11.3 Å². The molecule has 0 aliphatic rings. The number of carbonyl (C=O) groups is 1. The Kier molecular flexibility index (Phi) is 7.06. The largest absolute Gasteiger partial charge is 0.493 e. The highest BCUT2D eigenvalue weighted by molar-refractivity contribution is 5.90. The van der Waals surface area contributed by atoms with Crippen LogP contribution in [0.4, 0.5) is 0 Å². The molecular weight excluding hydrogens is 384 g/mol. The van der Waals surface area contributed by atoms with Gasteiger partial charge < -0.3 is 18.6 Å². The number of ether oxygens (including phenoxy) is 3. The summed E-state index contributed by atoms with van der Waals surface area (Å²) >= 11 is 0. The molecular formula is C23H26N2O5. The van der Waals surface area contributed by atoms with Gasteiger partial charge in [0.05, 0.1) is 19.3 Å². The van der Waals surface area contributed by atoms with Crippen LogP contribution in [0.25, 0.3) is 11.5 Å². The number of methoxy groups -OCH3 is 1. The smallest absolute Gasteiger partial charge is 0.338 e. The minimum Gasteiger partial charge on any atom is -0.493 e. The van der Waals surface area contributed by atoms with E-state index in [2.05, 4.69) is 24.0 Å². The first-order valence-corrected chi connectivity index (χ1v) is 9.83. The Morgan fingerprint density at radius 2 is 1.93 bits per heavy atom. The van der Waals surface area contributed by atoms with Gasteiger partial charge in [0.2, 0.25) is 5.89 Å². The van der Waals surface area contributed by atoms with Crippen LogP contribution in [0.15, 0.2) is 46.9 Å². The normalized spacial score (nSPS) is 10.8. The fourth-order valence-corrected chi connectivity index (χ4v) is 2.74. The van der Waals surface area contributed by atoms with Crippen LogP contribution in [0, 0.1) is 12.8 Å². The highest BCUT2D eigenvalue weighted by Gasteiger charge is 2.15. The number of benzene rings is 2. The van der Waals surface area contributed by atoms with E-state index in [0.717, 1.165) is 17.5 Å². The third kappa shape index (κ3) is 5.59. The fraction of sp³-hybridized carbons (Fsp3) is 0.348. The fourth-order valence-electron chi connectivity index (χ4n) is 2.74. The Morgan fingerprint density at radius 1 is 1.10 bits per heavy atom. The summed E-state index contributed by atoms with van der Waals surface area (Å²) in [6, 6.07) is 12.7. The Hall–Kier alpha value is -3.35. The molecule has 3 rings (SSSR count). The van der Waals surface area contributed by atoms with Crippen LogP contribution >= 0.6 is 0 Å². The Labute approximate surface area is 176 Å². The maximum atomic E-state index is 12.4. The van der Waals surface area contributed by atoms with Crippen LogP contribution in [0.1, 0.15) is 42.1 Å². The molecule has 2 aromatic carbocycles. The lowest BCUT2D eigenvalue weighted by Crippen LogP contribution is -2.07. The second kappa shape index (κ2) is 9.91. The van der Waals surface area contributed by atoms with Crippen molar-refractivity contribution in [3.05, 3.63) is 59.5 Å².